The molecule has 0 radical (unpaired) electrons. The Morgan fingerprint density at radius 1 is 0.952 bits per heavy atom. The van der Waals surface area contributed by atoms with Crippen LogP contribution in [0, 0.1) is 0 Å². The minimum atomic E-state index is 0.886. The number of anilines is 1. The molecule has 0 fully saturated rings. The van der Waals surface area contributed by atoms with Crippen molar-refractivity contribution in [2.45, 2.75) is 13.8 Å². The summed E-state index contributed by atoms with van der Waals surface area (Å²) in [6, 6.07) is 14.3. The van der Waals surface area contributed by atoms with Crippen molar-refractivity contribution in [1.29, 1.82) is 0 Å². The van der Waals surface area contributed by atoms with Crippen molar-refractivity contribution in [3.63, 3.8) is 0 Å². The van der Waals surface area contributed by atoms with Crippen LogP contribution in [0.3, 0.4) is 0 Å². The van der Waals surface area contributed by atoms with Crippen LogP contribution in [0.5, 0.6) is 0 Å². The monoisotopic (exact) mass is 344 g/mol. The van der Waals surface area contributed by atoms with Gasteiger partial charge in [0.05, 0.1) is 5.69 Å². The van der Waals surface area contributed by atoms with Gasteiger partial charge in [0.25, 0.3) is 0 Å². The van der Waals surface area contributed by atoms with Crippen molar-refractivity contribution in [1.82, 2.24) is 15.0 Å². The normalized spacial score (nSPS) is 11.0. The van der Waals surface area contributed by atoms with Crippen LogP contribution in [0.4, 0.5) is 5.69 Å². The van der Waals surface area contributed by atoms with Gasteiger partial charge in [0.15, 0.2) is 0 Å². The molecule has 108 valence electrons. The molecule has 0 amide bonds. The third kappa shape index (κ3) is 2.78. The van der Waals surface area contributed by atoms with Crippen LogP contribution in [0.2, 0.25) is 0 Å². The fourth-order valence-corrected chi connectivity index (χ4v) is 2.74. The van der Waals surface area contributed by atoms with Gasteiger partial charge in [0.1, 0.15) is 11.0 Å². The highest BCUT2D eigenvalue weighted by Crippen LogP contribution is 2.20. The number of benzene rings is 2. The van der Waals surface area contributed by atoms with Crippen molar-refractivity contribution in [3.8, 4) is 5.69 Å². The maximum Gasteiger partial charge on any atom is 0.114 e. The Labute approximate surface area is 132 Å². The Morgan fingerprint density at radius 3 is 2.29 bits per heavy atom. The van der Waals surface area contributed by atoms with E-state index in [-0.39, 0.29) is 0 Å². The summed E-state index contributed by atoms with van der Waals surface area (Å²) >= 11 is 3.46. The molecule has 4 nitrogen and oxygen atoms in total. The van der Waals surface area contributed by atoms with E-state index in [0.29, 0.717) is 0 Å². The van der Waals surface area contributed by atoms with Gasteiger partial charge in [-0.1, -0.05) is 15.9 Å². The number of nitrogens with zero attached hydrogens (tertiary/aromatic N) is 4. The summed E-state index contributed by atoms with van der Waals surface area (Å²) in [5.41, 5.74) is 3.98. The standard InChI is InChI=1S/C16H17BrN4/c1-3-20(4-2)13-6-8-14(9-7-13)21-18-15-10-5-12(17)11-16(15)19-21/h5-11H,3-4H2,1-2H3. The van der Waals surface area contributed by atoms with E-state index in [1.807, 2.05) is 18.2 Å². The minimum Gasteiger partial charge on any atom is -0.372 e. The number of hydrogen-bond acceptors (Lipinski definition) is 3. The maximum atomic E-state index is 4.52. The lowest BCUT2D eigenvalue weighted by Gasteiger charge is -2.20. The van der Waals surface area contributed by atoms with Gasteiger partial charge in [-0.25, -0.2) is 0 Å². The van der Waals surface area contributed by atoms with E-state index in [1.165, 1.54) is 5.69 Å². The van der Waals surface area contributed by atoms with Crippen molar-refractivity contribution >= 4 is 32.7 Å². The van der Waals surface area contributed by atoms with E-state index >= 15 is 0 Å². The van der Waals surface area contributed by atoms with Crippen molar-refractivity contribution < 1.29 is 0 Å². The Balaban J connectivity index is 1.95. The second-order valence-corrected chi connectivity index (χ2v) is 5.73. The molecule has 0 spiro atoms. The van der Waals surface area contributed by atoms with Crippen LogP contribution < -0.4 is 4.90 Å². The molecule has 0 unspecified atom stereocenters. The number of aromatic nitrogens is 3. The summed E-state index contributed by atoms with van der Waals surface area (Å²) in [5, 5.41) is 9.03. The zero-order valence-corrected chi connectivity index (χ0v) is 13.7. The predicted molar refractivity (Wildman–Crippen MR) is 90.1 cm³/mol. The molecule has 0 aliphatic rings. The lowest BCUT2D eigenvalue weighted by molar-refractivity contribution is 0.765. The highest BCUT2D eigenvalue weighted by molar-refractivity contribution is 9.10. The molecule has 21 heavy (non-hydrogen) atoms. The third-order valence-corrected chi connectivity index (χ3v) is 4.04. The molecule has 1 aromatic heterocycles. The molecule has 0 saturated carbocycles. The van der Waals surface area contributed by atoms with Gasteiger partial charge in [0.2, 0.25) is 0 Å². The molecule has 0 bridgehead atoms. The summed E-state index contributed by atoms with van der Waals surface area (Å²) < 4.78 is 1.01. The number of hydrogen-bond donors (Lipinski definition) is 0. The van der Waals surface area contributed by atoms with Gasteiger partial charge in [-0.3, -0.25) is 0 Å². The van der Waals surface area contributed by atoms with Crippen molar-refractivity contribution in [2.75, 3.05) is 18.0 Å². The number of rotatable bonds is 4. The molecule has 3 rings (SSSR count). The average Bonchev–Trinajstić information content (AvgIpc) is 2.92. The Bertz CT molecular complexity index is 745. The predicted octanol–water partition coefficient (Wildman–Crippen LogP) is 4.03. The molecule has 3 aromatic rings. The fourth-order valence-electron chi connectivity index (χ4n) is 2.39. The zero-order valence-electron chi connectivity index (χ0n) is 12.1. The fraction of sp³-hybridized carbons (Fsp3) is 0.250. The lowest BCUT2D eigenvalue weighted by Crippen LogP contribution is -2.21. The molecule has 0 saturated heterocycles. The van der Waals surface area contributed by atoms with Crippen LogP contribution in [-0.4, -0.2) is 28.1 Å². The van der Waals surface area contributed by atoms with Crippen LogP contribution in [0.25, 0.3) is 16.7 Å². The van der Waals surface area contributed by atoms with E-state index in [9.17, 15) is 0 Å². The highest BCUT2D eigenvalue weighted by Gasteiger charge is 2.06. The van der Waals surface area contributed by atoms with Gasteiger partial charge in [-0.2, -0.15) is 4.80 Å². The van der Waals surface area contributed by atoms with Gasteiger partial charge in [-0.05, 0) is 56.3 Å². The molecular formula is C16H17BrN4. The van der Waals surface area contributed by atoms with Gasteiger partial charge in [-0.15, -0.1) is 10.2 Å². The van der Waals surface area contributed by atoms with E-state index in [4.69, 9.17) is 0 Å². The highest BCUT2D eigenvalue weighted by atomic mass is 79.9. The molecule has 0 aliphatic heterocycles. The first-order chi connectivity index (χ1) is 10.2. The van der Waals surface area contributed by atoms with Crippen molar-refractivity contribution in [3.05, 3.63) is 46.9 Å². The summed E-state index contributed by atoms with van der Waals surface area (Å²) in [7, 11) is 0. The van der Waals surface area contributed by atoms with E-state index in [1.54, 1.807) is 4.80 Å². The van der Waals surface area contributed by atoms with E-state index in [2.05, 4.69) is 69.1 Å². The molecule has 0 aliphatic carbocycles. The van der Waals surface area contributed by atoms with Gasteiger partial charge < -0.3 is 4.90 Å². The van der Waals surface area contributed by atoms with Gasteiger partial charge in [0, 0.05) is 23.2 Å². The quantitative estimate of drug-likeness (QED) is 0.716. The smallest absolute Gasteiger partial charge is 0.114 e. The van der Waals surface area contributed by atoms with Crippen molar-refractivity contribution in [2.24, 2.45) is 0 Å². The Morgan fingerprint density at radius 2 is 1.62 bits per heavy atom. The zero-order chi connectivity index (χ0) is 14.8. The van der Waals surface area contributed by atoms with E-state index in [0.717, 1.165) is 34.3 Å². The van der Waals surface area contributed by atoms with Gasteiger partial charge >= 0.3 is 0 Å². The van der Waals surface area contributed by atoms with Crippen LogP contribution in [0.1, 0.15) is 13.8 Å². The van der Waals surface area contributed by atoms with E-state index < -0.39 is 0 Å². The average molecular weight is 345 g/mol. The number of fused-ring (bicyclic) bond motifs is 1. The van der Waals surface area contributed by atoms with Crippen LogP contribution in [0.15, 0.2) is 46.9 Å². The number of halogens is 1. The molecule has 0 N–H and O–H groups in total. The first-order valence-corrected chi connectivity index (χ1v) is 7.88. The first-order valence-electron chi connectivity index (χ1n) is 7.09. The molecular weight excluding hydrogens is 328 g/mol. The summed E-state index contributed by atoms with van der Waals surface area (Å²) in [4.78, 5) is 4.00. The second kappa shape index (κ2) is 5.85. The molecule has 5 heteroatoms. The lowest BCUT2D eigenvalue weighted by atomic mass is 10.2. The SMILES string of the molecule is CCN(CC)c1ccc(-n2nc3ccc(Br)cc3n2)cc1. The maximum absolute atomic E-state index is 4.52. The third-order valence-electron chi connectivity index (χ3n) is 3.55. The van der Waals surface area contributed by atoms with Crippen LogP contribution in [-0.2, 0) is 0 Å². The summed E-state index contributed by atoms with van der Waals surface area (Å²) in [6.07, 6.45) is 0. The minimum absolute atomic E-state index is 0.886. The topological polar surface area (TPSA) is 34.0 Å². The largest absolute Gasteiger partial charge is 0.372 e. The molecule has 2 aromatic carbocycles. The Kier molecular flexibility index (Phi) is 3.92. The summed E-state index contributed by atoms with van der Waals surface area (Å²) in [6.45, 7) is 6.34. The summed E-state index contributed by atoms with van der Waals surface area (Å²) in [5.74, 6) is 0. The Hall–Kier alpha value is -1.88. The first kappa shape index (κ1) is 14.1. The molecule has 0 atom stereocenters. The van der Waals surface area contributed by atoms with Crippen LogP contribution >= 0.6 is 15.9 Å². The molecule has 1 heterocycles. The second-order valence-electron chi connectivity index (χ2n) is 4.81.